The minimum atomic E-state index is -1.35. The summed E-state index contributed by atoms with van der Waals surface area (Å²) in [5, 5.41) is 28.9. The second-order valence-corrected chi connectivity index (χ2v) is 4.95. The van der Waals surface area contributed by atoms with Crippen LogP contribution in [0.2, 0.25) is 0 Å². The molecule has 0 spiro atoms. The monoisotopic (exact) mass is 270 g/mol. The van der Waals surface area contributed by atoms with Gasteiger partial charge in [0.25, 0.3) is 0 Å². The molecule has 1 aromatic carbocycles. The summed E-state index contributed by atoms with van der Waals surface area (Å²) in [4.78, 5) is 21.4. The maximum Gasteiger partial charge on any atom is 0.185 e. The molecular weight excluding hydrogens is 256 g/mol. The number of rotatable bonds is 5. The molecule has 0 amide bonds. The van der Waals surface area contributed by atoms with Crippen molar-refractivity contribution in [3.05, 3.63) is 29.3 Å². The van der Waals surface area contributed by atoms with Crippen molar-refractivity contribution in [2.45, 2.75) is 19.1 Å². The van der Waals surface area contributed by atoms with Crippen LogP contribution in [0.1, 0.15) is 28.9 Å². The van der Waals surface area contributed by atoms with Gasteiger partial charge in [0.15, 0.2) is 5.12 Å². The summed E-state index contributed by atoms with van der Waals surface area (Å²) in [6.45, 7) is 1.36. The van der Waals surface area contributed by atoms with Crippen LogP contribution in [0.4, 0.5) is 0 Å². The number of aromatic hydroxyl groups is 1. The van der Waals surface area contributed by atoms with Gasteiger partial charge in [-0.2, -0.15) is 0 Å². The lowest BCUT2D eigenvalue weighted by Crippen LogP contribution is -2.21. The summed E-state index contributed by atoms with van der Waals surface area (Å²) < 4.78 is 0. The molecule has 0 aliphatic heterocycles. The third-order valence-corrected chi connectivity index (χ3v) is 3.24. The van der Waals surface area contributed by atoms with Crippen LogP contribution in [0, 0.1) is 0 Å². The first-order valence-corrected chi connectivity index (χ1v) is 6.22. The second kappa shape index (κ2) is 6.53. The number of carbonyl (C=O) groups excluding carboxylic acids is 2. The molecular formula is C12H14O5S. The summed E-state index contributed by atoms with van der Waals surface area (Å²) in [7, 11) is 0. The zero-order valence-corrected chi connectivity index (χ0v) is 10.6. The van der Waals surface area contributed by atoms with Crippen molar-refractivity contribution < 1.29 is 24.9 Å². The Kier molecular flexibility index (Phi) is 5.33. The van der Waals surface area contributed by atoms with E-state index in [0.717, 1.165) is 11.8 Å². The van der Waals surface area contributed by atoms with Crippen LogP contribution in [0.25, 0.3) is 0 Å². The summed E-state index contributed by atoms with van der Waals surface area (Å²) in [6.07, 6.45) is -1.98. The highest BCUT2D eigenvalue weighted by Crippen LogP contribution is 2.28. The maximum absolute atomic E-state index is 10.7. The minimum Gasteiger partial charge on any atom is -0.508 e. The summed E-state index contributed by atoms with van der Waals surface area (Å²) in [5.41, 5.74) is 0.351. The molecule has 0 aliphatic rings. The van der Waals surface area contributed by atoms with E-state index in [4.69, 9.17) is 0 Å². The van der Waals surface area contributed by atoms with E-state index in [-0.39, 0.29) is 27.7 Å². The highest BCUT2D eigenvalue weighted by molar-refractivity contribution is 8.13. The fourth-order valence-corrected chi connectivity index (χ4v) is 1.97. The molecule has 18 heavy (non-hydrogen) atoms. The summed E-state index contributed by atoms with van der Waals surface area (Å²) >= 11 is 0.878. The molecule has 0 saturated carbocycles. The fourth-order valence-electron chi connectivity index (χ4n) is 1.38. The molecule has 0 bridgehead atoms. The normalized spacial score (nSPS) is 13.9. The van der Waals surface area contributed by atoms with E-state index in [0.29, 0.717) is 6.29 Å². The van der Waals surface area contributed by atoms with Crippen LogP contribution in [-0.4, -0.2) is 38.6 Å². The molecule has 1 rings (SSSR count). The average molecular weight is 270 g/mol. The van der Waals surface area contributed by atoms with Gasteiger partial charge in [-0.05, 0) is 18.2 Å². The van der Waals surface area contributed by atoms with E-state index in [1.165, 1.54) is 25.1 Å². The van der Waals surface area contributed by atoms with Crippen LogP contribution >= 0.6 is 11.8 Å². The van der Waals surface area contributed by atoms with Crippen molar-refractivity contribution in [1.82, 2.24) is 0 Å². The Morgan fingerprint density at radius 1 is 1.44 bits per heavy atom. The SMILES string of the molecule is CC(=O)SCC(O)C(O)c1cc(C=O)ccc1O. The van der Waals surface area contributed by atoms with Gasteiger partial charge < -0.3 is 15.3 Å². The third-order valence-electron chi connectivity index (χ3n) is 2.33. The van der Waals surface area contributed by atoms with Gasteiger partial charge >= 0.3 is 0 Å². The summed E-state index contributed by atoms with van der Waals surface area (Å²) in [6, 6.07) is 3.97. The van der Waals surface area contributed by atoms with Crippen LogP contribution in [0.15, 0.2) is 18.2 Å². The van der Waals surface area contributed by atoms with Gasteiger partial charge in [-0.1, -0.05) is 11.8 Å². The van der Waals surface area contributed by atoms with Crippen LogP contribution in [0.5, 0.6) is 5.75 Å². The van der Waals surface area contributed by atoms with Gasteiger partial charge in [-0.25, -0.2) is 0 Å². The van der Waals surface area contributed by atoms with Crippen molar-refractivity contribution in [2.75, 3.05) is 5.75 Å². The van der Waals surface area contributed by atoms with Crippen molar-refractivity contribution in [2.24, 2.45) is 0 Å². The van der Waals surface area contributed by atoms with E-state index in [1.54, 1.807) is 0 Å². The molecule has 2 atom stereocenters. The Labute approximate surface area is 108 Å². The largest absolute Gasteiger partial charge is 0.508 e. The first-order chi connectivity index (χ1) is 8.45. The van der Waals surface area contributed by atoms with Crippen molar-refractivity contribution >= 4 is 23.2 Å². The Balaban J connectivity index is 2.84. The van der Waals surface area contributed by atoms with Gasteiger partial charge in [0, 0.05) is 23.8 Å². The van der Waals surface area contributed by atoms with E-state index in [2.05, 4.69) is 0 Å². The molecule has 3 N–H and O–H groups in total. The molecule has 0 heterocycles. The average Bonchev–Trinajstić information content (AvgIpc) is 2.35. The Morgan fingerprint density at radius 3 is 2.67 bits per heavy atom. The fraction of sp³-hybridized carbons (Fsp3) is 0.333. The molecule has 0 saturated heterocycles. The number of aliphatic hydroxyl groups excluding tert-OH is 2. The zero-order chi connectivity index (χ0) is 13.7. The number of aliphatic hydroxyl groups is 2. The smallest absolute Gasteiger partial charge is 0.185 e. The van der Waals surface area contributed by atoms with Crippen molar-refractivity contribution in [3.8, 4) is 5.75 Å². The number of phenols is 1. The van der Waals surface area contributed by atoms with E-state index >= 15 is 0 Å². The predicted octanol–water partition coefficient (Wildman–Crippen LogP) is 0.879. The molecule has 98 valence electrons. The number of hydrogen-bond acceptors (Lipinski definition) is 6. The first-order valence-electron chi connectivity index (χ1n) is 5.23. The molecule has 0 radical (unpaired) electrons. The second-order valence-electron chi connectivity index (χ2n) is 3.75. The van der Waals surface area contributed by atoms with Gasteiger partial charge in [0.1, 0.15) is 18.1 Å². The molecule has 0 fully saturated rings. The topological polar surface area (TPSA) is 94.8 Å². The maximum atomic E-state index is 10.7. The molecule has 0 aliphatic carbocycles. The lowest BCUT2D eigenvalue weighted by Gasteiger charge is -2.18. The number of aldehydes is 1. The quantitative estimate of drug-likeness (QED) is 0.687. The Morgan fingerprint density at radius 2 is 2.11 bits per heavy atom. The van der Waals surface area contributed by atoms with E-state index in [1.807, 2.05) is 0 Å². The van der Waals surface area contributed by atoms with Gasteiger partial charge in [-0.3, -0.25) is 9.59 Å². The number of benzene rings is 1. The van der Waals surface area contributed by atoms with Crippen LogP contribution < -0.4 is 0 Å². The highest BCUT2D eigenvalue weighted by atomic mass is 32.2. The molecule has 1 aromatic rings. The number of hydrogen-bond donors (Lipinski definition) is 3. The van der Waals surface area contributed by atoms with Crippen molar-refractivity contribution in [3.63, 3.8) is 0 Å². The zero-order valence-electron chi connectivity index (χ0n) is 9.74. The minimum absolute atomic E-state index is 0.0151. The summed E-state index contributed by atoms with van der Waals surface area (Å²) in [5.74, 6) is -0.193. The van der Waals surface area contributed by atoms with E-state index in [9.17, 15) is 24.9 Å². The van der Waals surface area contributed by atoms with Gasteiger partial charge in [-0.15, -0.1) is 0 Å². The molecule has 6 heteroatoms. The highest BCUT2D eigenvalue weighted by Gasteiger charge is 2.22. The van der Waals surface area contributed by atoms with Crippen molar-refractivity contribution in [1.29, 1.82) is 0 Å². The number of thioether (sulfide) groups is 1. The Hall–Kier alpha value is -1.37. The Bertz CT molecular complexity index is 446. The number of phenolic OH excluding ortho intramolecular Hbond substituents is 1. The van der Waals surface area contributed by atoms with E-state index < -0.39 is 12.2 Å². The third kappa shape index (κ3) is 3.83. The lowest BCUT2D eigenvalue weighted by molar-refractivity contribution is -0.109. The number of carbonyl (C=O) groups is 2. The molecule has 0 aromatic heterocycles. The van der Waals surface area contributed by atoms with Crippen LogP contribution in [-0.2, 0) is 4.79 Å². The predicted molar refractivity (Wildman–Crippen MR) is 67.6 cm³/mol. The lowest BCUT2D eigenvalue weighted by atomic mass is 10.0. The van der Waals surface area contributed by atoms with Gasteiger partial charge in [0.05, 0.1) is 6.10 Å². The van der Waals surface area contributed by atoms with Gasteiger partial charge in [0.2, 0.25) is 0 Å². The first kappa shape index (κ1) is 14.7. The molecule has 5 nitrogen and oxygen atoms in total. The standard InChI is InChI=1S/C12H14O5S/c1-7(14)18-6-11(16)12(17)9-4-8(5-13)2-3-10(9)15/h2-5,11-12,15-17H,6H2,1H3. The van der Waals surface area contributed by atoms with Crippen LogP contribution in [0.3, 0.4) is 0 Å². The molecule has 2 unspecified atom stereocenters.